The van der Waals surface area contributed by atoms with Crippen molar-refractivity contribution in [1.29, 1.82) is 0 Å². The molecule has 0 spiro atoms. The molecule has 5 nitrogen and oxygen atoms in total. The van der Waals surface area contributed by atoms with Gasteiger partial charge in [-0.15, -0.1) is 9.52 Å². The topological polar surface area (TPSA) is 79.5 Å². The summed E-state index contributed by atoms with van der Waals surface area (Å²) in [7, 11) is 1.62. The fourth-order valence-corrected chi connectivity index (χ4v) is 4.69. The van der Waals surface area contributed by atoms with E-state index >= 15 is 0 Å². The first-order chi connectivity index (χ1) is 10.9. The highest BCUT2D eigenvalue weighted by molar-refractivity contribution is 8.83. The summed E-state index contributed by atoms with van der Waals surface area (Å²) in [5, 5.41) is 10.3. The van der Waals surface area contributed by atoms with Gasteiger partial charge >= 0.3 is 5.97 Å². The Hall–Kier alpha value is -1.57. The SMILES string of the molecule is C=S(C)Sc1ccc2c(N3CCC(N)C3)cc(C(=O)O)nc2c1. The summed E-state index contributed by atoms with van der Waals surface area (Å²) in [6, 6.07) is 7.79. The number of carboxylic acids is 1. The Labute approximate surface area is 141 Å². The van der Waals surface area contributed by atoms with Crippen molar-refractivity contribution in [3.63, 3.8) is 0 Å². The molecule has 3 N–H and O–H groups in total. The van der Waals surface area contributed by atoms with Crippen molar-refractivity contribution in [1.82, 2.24) is 4.98 Å². The third kappa shape index (κ3) is 3.52. The van der Waals surface area contributed by atoms with Gasteiger partial charge in [0.15, 0.2) is 5.69 Å². The standard InChI is InChI=1S/C16H19N3O2S2/c1-23(2)22-11-3-4-12-13(7-11)18-14(16(20)21)8-15(12)19-6-5-10(17)9-19/h3-4,7-8,10H,1,5-6,9,17H2,2H3,(H,20,21). The zero-order valence-electron chi connectivity index (χ0n) is 12.9. The summed E-state index contributed by atoms with van der Waals surface area (Å²) >= 11 is 0. The molecular formula is C16H19N3O2S2. The van der Waals surface area contributed by atoms with E-state index in [-0.39, 0.29) is 21.3 Å². The summed E-state index contributed by atoms with van der Waals surface area (Å²) in [5.74, 6) is 2.99. The lowest BCUT2D eigenvalue weighted by atomic mass is 10.1. The molecule has 0 radical (unpaired) electrons. The van der Waals surface area contributed by atoms with Crippen LogP contribution in [0, 0.1) is 0 Å². The Balaban J connectivity index is 2.13. The second-order valence-electron chi connectivity index (χ2n) is 5.66. The van der Waals surface area contributed by atoms with Gasteiger partial charge < -0.3 is 15.7 Å². The molecule has 1 aliphatic rings. The van der Waals surface area contributed by atoms with Crippen molar-refractivity contribution in [3.05, 3.63) is 30.0 Å². The fraction of sp³-hybridized carbons (Fsp3) is 0.312. The molecule has 1 saturated heterocycles. The van der Waals surface area contributed by atoms with E-state index in [1.165, 1.54) is 0 Å². The molecule has 122 valence electrons. The van der Waals surface area contributed by atoms with E-state index in [2.05, 4.69) is 15.8 Å². The number of rotatable bonds is 4. The molecule has 23 heavy (non-hydrogen) atoms. The maximum absolute atomic E-state index is 11.4. The third-order valence-corrected chi connectivity index (χ3v) is 5.94. The molecule has 2 atom stereocenters. The molecule has 0 bridgehead atoms. The molecule has 2 heterocycles. The van der Waals surface area contributed by atoms with Gasteiger partial charge in [-0.05, 0) is 36.9 Å². The number of carboxylic acid groups (broad SMARTS) is 1. The highest BCUT2D eigenvalue weighted by Gasteiger charge is 2.23. The summed E-state index contributed by atoms with van der Waals surface area (Å²) in [6.45, 7) is 1.58. The summed E-state index contributed by atoms with van der Waals surface area (Å²) < 4.78 is 0. The van der Waals surface area contributed by atoms with Crippen LogP contribution >= 0.6 is 20.3 Å². The molecule has 0 saturated carbocycles. The van der Waals surface area contributed by atoms with Gasteiger partial charge in [0.25, 0.3) is 0 Å². The number of hydrogen-bond donors (Lipinski definition) is 2. The second-order valence-corrected chi connectivity index (χ2v) is 9.65. The van der Waals surface area contributed by atoms with Gasteiger partial charge in [0.1, 0.15) is 0 Å². The smallest absolute Gasteiger partial charge is 0.354 e. The number of benzene rings is 1. The van der Waals surface area contributed by atoms with Crippen LogP contribution in [0.2, 0.25) is 0 Å². The van der Waals surface area contributed by atoms with E-state index in [4.69, 9.17) is 5.73 Å². The van der Waals surface area contributed by atoms with Crippen LogP contribution in [0.3, 0.4) is 0 Å². The normalized spacial score (nSPS) is 19.2. The number of nitrogens with zero attached hydrogens (tertiary/aromatic N) is 2. The molecule has 0 amide bonds. The first-order valence-electron chi connectivity index (χ1n) is 7.26. The number of anilines is 1. The highest BCUT2D eigenvalue weighted by atomic mass is 33.1. The van der Waals surface area contributed by atoms with Crippen LogP contribution in [0.1, 0.15) is 16.9 Å². The number of aromatic nitrogens is 1. The van der Waals surface area contributed by atoms with Crippen molar-refractivity contribution in [3.8, 4) is 0 Å². The van der Waals surface area contributed by atoms with Crippen LogP contribution in [-0.4, -0.2) is 47.3 Å². The van der Waals surface area contributed by atoms with Crippen molar-refractivity contribution in [2.75, 3.05) is 24.2 Å². The lowest BCUT2D eigenvalue weighted by Gasteiger charge is -2.21. The van der Waals surface area contributed by atoms with Crippen LogP contribution in [0.4, 0.5) is 5.69 Å². The molecular weight excluding hydrogens is 330 g/mol. The lowest BCUT2D eigenvalue weighted by Crippen LogP contribution is -2.26. The van der Waals surface area contributed by atoms with Crippen molar-refractivity contribution >= 4 is 48.7 Å². The van der Waals surface area contributed by atoms with E-state index < -0.39 is 5.97 Å². The predicted octanol–water partition coefficient (Wildman–Crippen LogP) is 2.81. The Morgan fingerprint density at radius 3 is 2.91 bits per heavy atom. The van der Waals surface area contributed by atoms with Gasteiger partial charge in [-0.1, -0.05) is 16.7 Å². The van der Waals surface area contributed by atoms with E-state index in [9.17, 15) is 9.90 Å². The minimum absolute atomic E-state index is 0.0401. The van der Waals surface area contributed by atoms with E-state index in [1.54, 1.807) is 16.9 Å². The number of fused-ring (bicyclic) bond motifs is 1. The van der Waals surface area contributed by atoms with Gasteiger partial charge in [0, 0.05) is 35.1 Å². The second kappa shape index (κ2) is 6.51. The summed E-state index contributed by atoms with van der Waals surface area (Å²) in [4.78, 5) is 18.9. The average molecular weight is 349 g/mol. The minimum Gasteiger partial charge on any atom is -0.477 e. The molecule has 3 rings (SSSR count). The summed E-state index contributed by atoms with van der Waals surface area (Å²) in [5.41, 5.74) is 7.68. The van der Waals surface area contributed by atoms with E-state index in [0.717, 1.165) is 35.5 Å². The maximum atomic E-state index is 11.4. The third-order valence-electron chi connectivity index (χ3n) is 3.78. The van der Waals surface area contributed by atoms with Crippen molar-refractivity contribution in [2.45, 2.75) is 17.4 Å². The number of nitrogens with two attached hydrogens (primary N) is 1. The Bertz CT molecular complexity index is 794. The quantitative estimate of drug-likeness (QED) is 0.653. The Kier molecular flexibility index (Phi) is 4.61. The van der Waals surface area contributed by atoms with Crippen LogP contribution in [0.5, 0.6) is 0 Å². The minimum atomic E-state index is -1.01. The number of hydrogen-bond acceptors (Lipinski definition) is 5. The van der Waals surface area contributed by atoms with Crippen LogP contribution in [-0.2, 0) is 0 Å². The van der Waals surface area contributed by atoms with Gasteiger partial charge in [-0.3, -0.25) is 0 Å². The predicted molar refractivity (Wildman–Crippen MR) is 100 cm³/mol. The zero-order chi connectivity index (χ0) is 16.6. The van der Waals surface area contributed by atoms with Gasteiger partial charge in [-0.25, -0.2) is 9.78 Å². The van der Waals surface area contributed by atoms with Crippen LogP contribution in [0.15, 0.2) is 29.2 Å². The number of pyridine rings is 1. The average Bonchev–Trinajstić information content (AvgIpc) is 2.91. The lowest BCUT2D eigenvalue weighted by molar-refractivity contribution is 0.0691. The first kappa shape index (κ1) is 16.3. The number of aromatic carboxylic acids is 1. The largest absolute Gasteiger partial charge is 0.477 e. The van der Waals surface area contributed by atoms with E-state index in [1.807, 2.05) is 24.5 Å². The Morgan fingerprint density at radius 1 is 1.52 bits per heavy atom. The van der Waals surface area contributed by atoms with Crippen LogP contribution in [0.25, 0.3) is 10.9 Å². The van der Waals surface area contributed by atoms with Gasteiger partial charge in [0.2, 0.25) is 0 Å². The maximum Gasteiger partial charge on any atom is 0.354 e. The first-order valence-corrected chi connectivity index (χ1v) is 10.4. The fourth-order valence-electron chi connectivity index (χ4n) is 2.78. The molecule has 1 fully saturated rings. The molecule has 2 unspecified atom stereocenters. The molecule has 1 aromatic carbocycles. The van der Waals surface area contributed by atoms with Gasteiger partial charge in [0.05, 0.1) is 5.52 Å². The Morgan fingerprint density at radius 2 is 2.30 bits per heavy atom. The van der Waals surface area contributed by atoms with Crippen molar-refractivity contribution < 1.29 is 9.90 Å². The molecule has 1 aliphatic heterocycles. The monoisotopic (exact) mass is 349 g/mol. The summed E-state index contributed by atoms with van der Waals surface area (Å²) in [6.07, 6.45) is 2.97. The molecule has 7 heteroatoms. The van der Waals surface area contributed by atoms with Gasteiger partial charge in [-0.2, -0.15) is 0 Å². The molecule has 0 aliphatic carbocycles. The van der Waals surface area contributed by atoms with Crippen LogP contribution < -0.4 is 10.6 Å². The molecule has 1 aromatic heterocycles. The number of carbonyl (C=O) groups is 1. The van der Waals surface area contributed by atoms with Crippen molar-refractivity contribution in [2.24, 2.45) is 5.73 Å². The highest BCUT2D eigenvalue weighted by Crippen LogP contribution is 2.37. The van der Waals surface area contributed by atoms with E-state index in [0.29, 0.717) is 5.52 Å². The zero-order valence-corrected chi connectivity index (χ0v) is 14.5. The molecule has 2 aromatic rings.